The molecule has 0 bridgehead atoms. The summed E-state index contributed by atoms with van der Waals surface area (Å²) < 4.78 is 30.1. The van der Waals surface area contributed by atoms with Crippen LogP contribution in [0.3, 0.4) is 0 Å². The molecule has 0 aliphatic heterocycles. The molecule has 0 saturated carbocycles. The zero-order valence-electron chi connectivity index (χ0n) is 12.5. The Bertz CT molecular complexity index is 644. The summed E-state index contributed by atoms with van der Waals surface area (Å²) in [5.41, 5.74) is 2.73. The van der Waals surface area contributed by atoms with Gasteiger partial charge >= 0.3 is 0 Å². The first-order chi connectivity index (χ1) is 9.85. The average molecular weight is 358 g/mol. The minimum absolute atomic E-state index is 0.117. The number of aromatic nitrogens is 2. The highest BCUT2D eigenvalue weighted by Gasteiger charge is 2.20. The summed E-state index contributed by atoms with van der Waals surface area (Å²) in [6.07, 6.45) is 0. The highest BCUT2D eigenvalue weighted by atomic mass is 79.9. The molecule has 2 aromatic rings. The maximum Gasteiger partial charge on any atom is 0.150 e. The van der Waals surface area contributed by atoms with Gasteiger partial charge in [0.15, 0.2) is 0 Å². The molecule has 2 rings (SSSR count). The van der Waals surface area contributed by atoms with Gasteiger partial charge in [-0.15, -0.1) is 0 Å². The predicted octanol–water partition coefficient (Wildman–Crippen LogP) is 4.73. The summed E-state index contributed by atoms with van der Waals surface area (Å²) >= 11 is 3.07. The Morgan fingerprint density at radius 3 is 2.33 bits per heavy atom. The number of rotatable bonds is 4. The van der Waals surface area contributed by atoms with Gasteiger partial charge in [0.1, 0.15) is 17.3 Å². The van der Waals surface area contributed by atoms with E-state index in [4.69, 9.17) is 0 Å². The Balaban J connectivity index is 2.35. The summed E-state index contributed by atoms with van der Waals surface area (Å²) in [6, 6.07) is 2.25. The zero-order chi connectivity index (χ0) is 15.7. The smallest absolute Gasteiger partial charge is 0.150 e. The molecule has 0 spiro atoms. The molecule has 1 aromatic carbocycles. The van der Waals surface area contributed by atoms with E-state index in [-0.39, 0.29) is 11.7 Å². The molecular formula is C15H18BrF2N3. The number of benzene rings is 1. The molecule has 1 atom stereocenters. The molecule has 114 valence electrons. The van der Waals surface area contributed by atoms with Crippen molar-refractivity contribution in [1.29, 1.82) is 0 Å². The number of aryl methyl sites for hydroxylation is 2. The fourth-order valence-corrected chi connectivity index (χ4v) is 3.02. The number of nitrogens with one attached hydrogen (secondary N) is 1. The predicted molar refractivity (Wildman–Crippen MR) is 83.5 cm³/mol. The first-order valence-corrected chi connectivity index (χ1v) is 7.59. The van der Waals surface area contributed by atoms with Gasteiger partial charge in [0.2, 0.25) is 0 Å². The van der Waals surface area contributed by atoms with E-state index in [1.165, 1.54) is 12.1 Å². The molecule has 1 aromatic heterocycles. The lowest BCUT2D eigenvalue weighted by Crippen LogP contribution is -2.12. The van der Waals surface area contributed by atoms with Gasteiger partial charge in [-0.25, -0.2) is 8.78 Å². The van der Waals surface area contributed by atoms with E-state index in [1.807, 2.05) is 32.4 Å². The average Bonchev–Trinajstić information content (AvgIpc) is 2.68. The minimum atomic E-state index is -0.619. The molecule has 21 heavy (non-hydrogen) atoms. The van der Waals surface area contributed by atoms with Crippen molar-refractivity contribution in [2.75, 3.05) is 5.32 Å². The van der Waals surface area contributed by atoms with Crippen LogP contribution in [0.15, 0.2) is 16.6 Å². The fourth-order valence-electron chi connectivity index (χ4n) is 2.61. The van der Waals surface area contributed by atoms with E-state index in [9.17, 15) is 8.78 Å². The lowest BCUT2D eigenvalue weighted by molar-refractivity contribution is 0.582. The van der Waals surface area contributed by atoms with Crippen molar-refractivity contribution in [2.45, 2.75) is 40.3 Å². The summed E-state index contributed by atoms with van der Waals surface area (Å²) in [6.45, 7) is 8.51. The van der Waals surface area contributed by atoms with Crippen molar-refractivity contribution in [3.05, 3.63) is 45.2 Å². The van der Waals surface area contributed by atoms with E-state index in [2.05, 4.69) is 26.3 Å². The summed E-state index contributed by atoms with van der Waals surface area (Å²) in [7, 11) is 0. The van der Waals surface area contributed by atoms with Crippen molar-refractivity contribution in [1.82, 2.24) is 9.78 Å². The Labute approximate surface area is 131 Å². The standard InChI is InChI=1S/C15H18BrF2N3/c1-5-21-10(4)14(9(3)20-21)8(2)19-15-12(17)6-11(16)7-13(15)18/h6-8,19H,5H2,1-4H3. The van der Waals surface area contributed by atoms with Crippen molar-refractivity contribution < 1.29 is 8.78 Å². The highest BCUT2D eigenvalue weighted by molar-refractivity contribution is 9.10. The normalized spacial score (nSPS) is 12.5. The van der Waals surface area contributed by atoms with Crippen LogP contribution < -0.4 is 5.32 Å². The molecule has 0 aliphatic carbocycles. The molecule has 1 unspecified atom stereocenters. The molecule has 0 saturated heterocycles. The third kappa shape index (κ3) is 3.10. The summed E-state index contributed by atoms with van der Waals surface area (Å²) in [5, 5.41) is 7.35. The van der Waals surface area contributed by atoms with Gasteiger partial charge in [-0.3, -0.25) is 4.68 Å². The van der Waals surface area contributed by atoms with Gasteiger partial charge in [0.25, 0.3) is 0 Å². The van der Waals surface area contributed by atoms with Crippen molar-refractivity contribution >= 4 is 21.6 Å². The SMILES string of the molecule is CCn1nc(C)c(C(C)Nc2c(F)cc(Br)cc2F)c1C. The monoisotopic (exact) mass is 357 g/mol. The molecule has 1 N–H and O–H groups in total. The van der Waals surface area contributed by atoms with Gasteiger partial charge in [-0.2, -0.15) is 5.10 Å². The van der Waals surface area contributed by atoms with Crippen LogP contribution in [0.25, 0.3) is 0 Å². The molecular weight excluding hydrogens is 340 g/mol. The van der Waals surface area contributed by atoms with E-state index in [0.29, 0.717) is 4.47 Å². The molecule has 3 nitrogen and oxygen atoms in total. The number of halogens is 3. The second-order valence-electron chi connectivity index (χ2n) is 5.01. The maximum absolute atomic E-state index is 13.9. The second-order valence-corrected chi connectivity index (χ2v) is 5.93. The Morgan fingerprint density at radius 1 is 1.29 bits per heavy atom. The molecule has 1 heterocycles. The molecule has 0 fully saturated rings. The Kier molecular flexibility index (Phi) is 4.66. The zero-order valence-corrected chi connectivity index (χ0v) is 14.1. The van der Waals surface area contributed by atoms with Gasteiger partial charge < -0.3 is 5.32 Å². The van der Waals surface area contributed by atoms with E-state index in [0.717, 1.165) is 23.5 Å². The van der Waals surface area contributed by atoms with Gasteiger partial charge in [0, 0.05) is 22.3 Å². The van der Waals surface area contributed by atoms with Crippen LogP contribution in [-0.4, -0.2) is 9.78 Å². The maximum atomic E-state index is 13.9. The quantitative estimate of drug-likeness (QED) is 0.856. The van der Waals surface area contributed by atoms with E-state index in [1.54, 1.807) is 0 Å². The van der Waals surface area contributed by atoms with Crippen LogP contribution >= 0.6 is 15.9 Å². The Hall–Kier alpha value is -1.43. The van der Waals surface area contributed by atoms with Crippen LogP contribution in [0.4, 0.5) is 14.5 Å². The van der Waals surface area contributed by atoms with Crippen LogP contribution in [0.1, 0.15) is 36.8 Å². The van der Waals surface area contributed by atoms with Crippen LogP contribution in [0, 0.1) is 25.5 Å². The second kappa shape index (κ2) is 6.13. The van der Waals surface area contributed by atoms with Crippen molar-refractivity contribution in [2.24, 2.45) is 0 Å². The van der Waals surface area contributed by atoms with Crippen LogP contribution in [-0.2, 0) is 6.54 Å². The van der Waals surface area contributed by atoms with Gasteiger partial charge in [-0.05, 0) is 39.8 Å². The van der Waals surface area contributed by atoms with E-state index < -0.39 is 11.6 Å². The summed E-state index contributed by atoms with van der Waals surface area (Å²) in [4.78, 5) is 0. The third-order valence-corrected chi connectivity index (χ3v) is 4.00. The minimum Gasteiger partial charge on any atom is -0.374 e. The first kappa shape index (κ1) is 15.9. The van der Waals surface area contributed by atoms with Crippen molar-refractivity contribution in [3.8, 4) is 0 Å². The number of anilines is 1. The lowest BCUT2D eigenvalue weighted by atomic mass is 10.1. The number of hydrogen-bond acceptors (Lipinski definition) is 2. The Morgan fingerprint density at radius 2 is 1.86 bits per heavy atom. The fraction of sp³-hybridized carbons (Fsp3) is 0.400. The summed E-state index contributed by atoms with van der Waals surface area (Å²) in [5.74, 6) is -1.24. The molecule has 0 aliphatic rings. The molecule has 6 heteroatoms. The topological polar surface area (TPSA) is 29.9 Å². The van der Waals surface area contributed by atoms with Gasteiger partial charge in [-0.1, -0.05) is 15.9 Å². The molecule has 0 radical (unpaired) electrons. The van der Waals surface area contributed by atoms with Gasteiger partial charge in [0.05, 0.1) is 11.7 Å². The first-order valence-electron chi connectivity index (χ1n) is 6.80. The largest absolute Gasteiger partial charge is 0.374 e. The lowest BCUT2D eigenvalue weighted by Gasteiger charge is -2.17. The third-order valence-electron chi connectivity index (χ3n) is 3.54. The van der Waals surface area contributed by atoms with Crippen LogP contribution in [0.2, 0.25) is 0 Å². The molecule has 0 amide bonds. The number of nitrogens with zero attached hydrogens (tertiary/aromatic N) is 2. The highest BCUT2D eigenvalue weighted by Crippen LogP contribution is 2.29. The van der Waals surface area contributed by atoms with E-state index >= 15 is 0 Å². The van der Waals surface area contributed by atoms with Crippen LogP contribution in [0.5, 0.6) is 0 Å². The van der Waals surface area contributed by atoms with Crippen molar-refractivity contribution in [3.63, 3.8) is 0 Å². The number of hydrogen-bond donors (Lipinski definition) is 1.